The van der Waals surface area contributed by atoms with E-state index in [1.165, 1.54) is 73.8 Å². The van der Waals surface area contributed by atoms with Crippen molar-refractivity contribution in [1.82, 2.24) is 4.90 Å². The highest BCUT2D eigenvalue weighted by Gasteiger charge is 2.18. The molecule has 2 aromatic rings. The number of nitrogens with one attached hydrogen (secondary N) is 1. The van der Waals surface area contributed by atoms with Gasteiger partial charge >= 0.3 is 0 Å². The molecule has 2 aromatic carbocycles. The quantitative estimate of drug-likeness (QED) is 0.194. The van der Waals surface area contributed by atoms with Gasteiger partial charge in [-0.2, -0.15) is 0 Å². The van der Waals surface area contributed by atoms with Crippen molar-refractivity contribution >= 4 is 23.4 Å². The van der Waals surface area contributed by atoms with Crippen LogP contribution in [0, 0.1) is 0 Å². The SMILES string of the molecule is CCCCCCCCCCCCOc1cc(C(C)(C)C)ccc1CC(=O)Nc1cccc(CN2C=C(C)SC2)c1. The fraction of sp³-hybridized carbons (Fsp3) is 0.571. The number of anilines is 1. The number of benzene rings is 2. The molecule has 0 atom stereocenters. The Hall–Kier alpha value is -2.40. The van der Waals surface area contributed by atoms with Gasteiger partial charge in [-0.05, 0) is 53.0 Å². The third-order valence-corrected chi connectivity index (χ3v) is 8.48. The van der Waals surface area contributed by atoms with Gasteiger partial charge in [0.15, 0.2) is 0 Å². The number of nitrogens with zero attached hydrogens (tertiary/aromatic N) is 1. The van der Waals surface area contributed by atoms with Crippen molar-refractivity contribution in [3.63, 3.8) is 0 Å². The van der Waals surface area contributed by atoms with Gasteiger partial charge < -0.3 is 15.0 Å². The van der Waals surface area contributed by atoms with Crippen LogP contribution in [0.4, 0.5) is 5.69 Å². The molecule has 4 nitrogen and oxygen atoms in total. The lowest BCUT2D eigenvalue weighted by molar-refractivity contribution is -0.115. The van der Waals surface area contributed by atoms with Crippen molar-refractivity contribution in [3.05, 3.63) is 70.3 Å². The number of allylic oxidation sites excluding steroid dienone is 1. The van der Waals surface area contributed by atoms with Crippen molar-refractivity contribution < 1.29 is 9.53 Å². The molecule has 40 heavy (non-hydrogen) atoms. The van der Waals surface area contributed by atoms with E-state index in [4.69, 9.17) is 4.74 Å². The number of carbonyl (C=O) groups is 1. The molecule has 0 aromatic heterocycles. The zero-order valence-electron chi connectivity index (χ0n) is 25.7. The van der Waals surface area contributed by atoms with Gasteiger partial charge in [0.1, 0.15) is 5.75 Å². The van der Waals surface area contributed by atoms with Crippen molar-refractivity contribution in [2.24, 2.45) is 0 Å². The van der Waals surface area contributed by atoms with Gasteiger partial charge in [-0.1, -0.05) is 110 Å². The van der Waals surface area contributed by atoms with Gasteiger partial charge in [-0.3, -0.25) is 4.79 Å². The van der Waals surface area contributed by atoms with E-state index in [0.717, 1.165) is 35.8 Å². The topological polar surface area (TPSA) is 41.6 Å². The molecule has 0 saturated heterocycles. The molecule has 0 fully saturated rings. The van der Waals surface area contributed by atoms with E-state index in [9.17, 15) is 4.79 Å². The van der Waals surface area contributed by atoms with Crippen LogP contribution >= 0.6 is 11.8 Å². The van der Waals surface area contributed by atoms with Crippen LogP contribution in [0.5, 0.6) is 5.75 Å². The van der Waals surface area contributed by atoms with E-state index in [1.54, 1.807) is 0 Å². The summed E-state index contributed by atoms with van der Waals surface area (Å²) in [7, 11) is 0. The Labute approximate surface area is 248 Å². The lowest BCUT2D eigenvalue weighted by Crippen LogP contribution is -2.17. The Morgan fingerprint density at radius 1 is 0.950 bits per heavy atom. The Morgan fingerprint density at radius 2 is 1.65 bits per heavy atom. The molecule has 1 heterocycles. The van der Waals surface area contributed by atoms with Gasteiger partial charge in [-0.25, -0.2) is 0 Å². The van der Waals surface area contributed by atoms with E-state index in [-0.39, 0.29) is 11.3 Å². The third kappa shape index (κ3) is 11.6. The molecule has 1 aliphatic rings. The molecule has 0 radical (unpaired) electrons. The Morgan fingerprint density at radius 3 is 2.30 bits per heavy atom. The summed E-state index contributed by atoms with van der Waals surface area (Å²) in [5, 5.41) is 3.11. The predicted octanol–water partition coefficient (Wildman–Crippen LogP) is 9.83. The molecule has 0 aliphatic carbocycles. The lowest BCUT2D eigenvalue weighted by atomic mass is 9.86. The van der Waals surface area contributed by atoms with Gasteiger partial charge in [0.2, 0.25) is 5.91 Å². The number of carbonyl (C=O) groups excluding carboxylic acids is 1. The van der Waals surface area contributed by atoms with Crippen LogP contribution in [0.15, 0.2) is 53.6 Å². The summed E-state index contributed by atoms with van der Waals surface area (Å²) >= 11 is 1.86. The normalized spacial score (nSPS) is 13.4. The van der Waals surface area contributed by atoms with Crippen LogP contribution in [0.2, 0.25) is 0 Å². The van der Waals surface area contributed by atoms with Gasteiger partial charge in [0.25, 0.3) is 0 Å². The van der Waals surface area contributed by atoms with Crippen LogP contribution in [-0.4, -0.2) is 23.3 Å². The fourth-order valence-electron chi connectivity index (χ4n) is 5.04. The fourth-order valence-corrected chi connectivity index (χ4v) is 5.80. The Balaban J connectivity index is 1.50. The van der Waals surface area contributed by atoms with Gasteiger partial charge in [-0.15, -0.1) is 11.8 Å². The van der Waals surface area contributed by atoms with E-state index < -0.39 is 0 Å². The highest BCUT2D eigenvalue weighted by Crippen LogP contribution is 2.30. The number of hydrogen-bond donors (Lipinski definition) is 1. The zero-order chi connectivity index (χ0) is 28.8. The second-order valence-electron chi connectivity index (χ2n) is 12.3. The second kappa shape index (κ2) is 16.8. The number of thioether (sulfide) groups is 1. The Bertz CT molecular complexity index is 1090. The molecule has 5 heteroatoms. The van der Waals surface area contributed by atoms with Gasteiger partial charge in [0, 0.05) is 24.0 Å². The molecule has 1 N–H and O–H groups in total. The number of ether oxygens (including phenoxy) is 1. The Kier molecular flexibility index (Phi) is 13.5. The minimum absolute atomic E-state index is 0.0167. The monoisotopic (exact) mass is 564 g/mol. The summed E-state index contributed by atoms with van der Waals surface area (Å²) < 4.78 is 6.31. The highest BCUT2D eigenvalue weighted by atomic mass is 32.2. The first-order chi connectivity index (χ1) is 19.2. The molecule has 220 valence electrons. The first-order valence-electron chi connectivity index (χ1n) is 15.4. The smallest absolute Gasteiger partial charge is 0.228 e. The maximum atomic E-state index is 13.1. The summed E-state index contributed by atoms with van der Waals surface area (Å²) in [6.45, 7) is 12.6. The van der Waals surface area contributed by atoms with Crippen LogP contribution in [-0.2, 0) is 23.2 Å². The maximum Gasteiger partial charge on any atom is 0.228 e. The second-order valence-corrected chi connectivity index (χ2v) is 13.5. The molecule has 0 spiro atoms. The van der Waals surface area contributed by atoms with Crippen molar-refractivity contribution in [3.8, 4) is 5.75 Å². The summed E-state index contributed by atoms with van der Waals surface area (Å²) in [6, 6.07) is 14.5. The van der Waals surface area contributed by atoms with Crippen molar-refractivity contribution in [2.75, 3.05) is 17.8 Å². The number of amides is 1. The van der Waals surface area contributed by atoms with Crippen LogP contribution in [0.1, 0.15) is 116 Å². The molecule has 1 aliphatic heterocycles. The van der Waals surface area contributed by atoms with Crippen LogP contribution in [0.3, 0.4) is 0 Å². The molecular formula is C35H52N2O2S. The van der Waals surface area contributed by atoms with E-state index in [0.29, 0.717) is 13.0 Å². The van der Waals surface area contributed by atoms with E-state index in [2.05, 4.69) is 81.4 Å². The summed E-state index contributed by atoms with van der Waals surface area (Å²) in [5.74, 6) is 1.81. The molecule has 0 unspecified atom stereocenters. The molecule has 3 rings (SSSR count). The number of rotatable bonds is 17. The van der Waals surface area contributed by atoms with Crippen LogP contribution in [0.25, 0.3) is 0 Å². The van der Waals surface area contributed by atoms with Crippen molar-refractivity contribution in [2.45, 2.75) is 117 Å². The molecular weight excluding hydrogens is 512 g/mol. The van der Waals surface area contributed by atoms with E-state index in [1.807, 2.05) is 23.9 Å². The predicted molar refractivity (Wildman–Crippen MR) is 173 cm³/mol. The third-order valence-electron chi connectivity index (χ3n) is 7.46. The highest BCUT2D eigenvalue weighted by molar-refractivity contribution is 8.03. The molecule has 0 bridgehead atoms. The van der Waals surface area contributed by atoms with E-state index >= 15 is 0 Å². The van der Waals surface area contributed by atoms with Crippen molar-refractivity contribution in [1.29, 1.82) is 0 Å². The first kappa shape index (κ1) is 32.1. The number of unbranched alkanes of at least 4 members (excludes halogenated alkanes) is 9. The minimum atomic E-state index is -0.0167. The van der Waals surface area contributed by atoms with Gasteiger partial charge in [0.05, 0.1) is 18.9 Å². The standard InChI is InChI=1S/C35H52N2O2S/c1-6-7-8-9-10-11-12-13-14-15-21-39-33-24-31(35(3,4)5)20-19-30(33)23-34(38)36-32-18-16-17-29(22-32)26-37-25-28(2)40-27-37/h16-20,22,24-25H,6-15,21,23,26-27H2,1-5H3,(H,36,38). The zero-order valence-corrected chi connectivity index (χ0v) is 26.5. The lowest BCUT2D eigenvalue weighted by Gasteiger charge is -2.21. The largest absolute Gasteiger partial charge is 0.493 e. The average Bonchev–Trinajstić information content (AvgIpc) is 3.31. The maximum absolute atomic E-state index is 13.1. The first-order valence-corrected chi connectivity index (χ1v) is 16.4. The minimum Gasteiger partial charge on any atom is -0.493 e. The molecule has 1 amide bonds. The summed E-state index contributed by atoms with van der Waals surface area (Å²) in [4.78, 5) is 16.7. The number of hydrogen-bond acceptors (Lipinski definition) is 4. The summed E-state index contributed by atoms with van der Waals surface area (Å²) in [6.07, 6.45) is 15.6. The summed E-state index contributed by atoms with van der Waals surface area (Å²) in [5.41, 5.74) is 4.24. The average molecular weight is 565 g/mol. The molecule has 0 saturated carbocycles. The van der Waals surface area contributed by atoms with Crippen LogP contribution < -0.4 is 10.1 Å².